The van der Waals surface area contributed by atoms with E-state index in [2.05, 4.69) is 4.74 Å². The second kappa shape index (κ2) is 7.99. The van der Waals surface area contributed by atoms with Gasteiger partial charge in [-0.3, -0.25) is 0 Å². The van der Waals surface area contributed by atoms with Crippen LogP contribution in [0.1, 0.15) is 30.1 Å². The predicted octanol–water partition coefficient (Wildman–Crippen LogP) is 1.56. The number of hydrogen-bond acceptors (Lipinski definition) is 5. The fraction of sp³-hybridized carbons (Fsp3) is 0.500. The highest BCUT2D eigenvalue weighted by molar-refractivity contribution is 7.89. The van der Waals surface area contributed by atoms with Crippen LogP contribution in [0.3, 0.4) is 0 Å². The number of primary sulfonamides is 1. The van der Waals surface area contributed by atoms with Crippen molar-refractivity contribution in [2.75, 3.05) is 19.5 Å². The van der Waals surface area contributed by atoms with Crippen LogP contribution in [-0.2, 0) is 14.8 Å². The highest BCUT2D eigenvalue weighted by Crippen LogP contribution is 2.16. The van der Waals surface area contributed by atoms with E-state index in [1.54, 1.807) is 24.3 Å². The molecule has 0 aliphatic heterocycles. The van der Waals surface area contributed by atoms with E-state index < -0.39 is 16.0 Å². The Morgan fingerprint density at radius 2 is 1.90 bits per heavy atom. The average molecular weight is 315 g/mol. The van der Waals surface area contributed by atoms with Crippen LogP contribution in [0, 0.1) is 5.92 Å². The Morgan fingerprint density at radius 1 is 1.29 bits per heavy atom. The molecule has 6 nitrogen and oxygen atoms in total. The maximum atomic E-state index is 11.3. The molecule has 0 aromatic heterocycles. The van der Waals surface area contributed by atoms with Crippen molar-refractivity contribution in [3.8, 4) is 5.75 Å². The Morgan fingerprint density at radius 3 is 2.38 bits per heavy atom. The Bertz CT molecular complexity index is 553. The topological polar surface area (TPSA) is 95.7 Å². The van der Waals surface area contributed by atoms with E-state index in [0.29, 0.717) is 11.3 Å². The number of nitrogens with two attached hydrogens (primary N) is 1. The summed E-state index contributed by atoms with van der Waals surface area (Å²) in [4.78, 5) is 11.3. The van der Waals surface area contributed by atoms with Crippen LogP contribution >= 0.6 is 0 Å². The Balaban J connectivity index is 2.61. The van der Waals surface area contributed by atoms with Crippen LogP contribution in [0.4, 0.5) is 0 Å². The third kappa shape index (κ3) is 6.59. The van der Waals surface area contributed by atoms with E-state index in [1.807, 2.05) is 6.92 Å². The van der Waals surface area contributed by atoms with Crippen molar-refractivity contribution in [1.82, 2.24) is 0 Å². The number of carbonyl (C=O) groups is 1. The number of hydrogen-bond donors (Lipinski definition) is 1. The standard InChI is InChI=1S/C14H21NO5S/c1-3-4-11(10-21(15,17)18)9-20-13-7-5-12(6-8-13)14(16)19-2/h5-8,11H,3-4,9-10H2,1-2H3,(H2,15,17,18). The first-order valence-corrected chi connectivity index (χ1v) is 8.39. The molecule has 0 fully saturated rings. The van der Waals surface area contributed by atoms with Crippen LogP contribution in [0.15, 0.2) is 24.3 Å². The Kier molecular flexibility index (Phi) is 6.64. The Hall–Kier alpha value is -1.60. The first kappa shape index (κ1) is 17.5. The molecule has 0 bridgehead atoms. The zero-order valence-corrected chi connectivity index (χ0v) is 13.1. The van der Waals surface area contributed by atoms with Gasteiger partial charge in [-0.15, -0.1) is 0 Å². The zero-order chi connectivity index (χ0) is 15.9. The molecule has 0 radical (unpaired) electrons. The first-order valence-electron chi connectivity index (χ1n) is 6.67. The van der Waals surface area contributed by atoms with Crippen LogP contribution in [0.5, 0.6) is 5.75 Å². The summed E-state index contributed by atoms with van der Waals surface area (Å²) in [6.45, 7) is 2.24. The summed E-state index contributed by atoms with van der Waals surface area (Å²) in [6.07, 6.45) is 1.57. The van der Waals surface area contributed by atoms with Crippen molar-refractivity contribution in [3.63, 3.8) is 0 Å². The van der Waals surface area contributed by atoms with Crippen molar-refractivity contribution < 1.29 is 22.7 Å². The van der Waals surface area contributed by atoms with E-state index in [-0.39, 0.29) is 18.3 Å². The molecule has 0 aliphatic rings. The van der Waals surface area contributed by atoms with Gasteiger partial charge in [0.2, 0.25) is 10.0 Å². The van der Waals surface area contributed by atoms with E-state index in [0.717, 1.165) is 12.8 Å². The molecule has 0 aliphatic carbocycles. The fourth-order valence-electron chi connectivity index (χ4n) is 1.97. The fourth-order valence-corrected chi connectivity index (χ4v) is 2.89. The number of benzene rings is 1. The molecular formula is C14H21NO5S. The lowest BCUT2D eigenvalue weighted by molar-refractivity contribution is 0.0600. The molecule has 0 saturated carbocycles. The summed E-state index contributed by atoms with van der Waals surface area (Å²) in [7, 11) is -2.20. The van der Waals surface area contributed by atoms with Gasteiger partial charge in [-0.25, -0.2) is 18.4 Å². The third-order valence-electron chi connectivity index (χ3n) is 2.93. The second-order valence-corrected chi connectivity index (χ2v) is 6.47. The van der Waals surface area contributed by atoms with E-state index in [4.69, 9.17) is 9.88 Å². The van der Waals surface area contributed by atoms with Gasteiger partial charge in [0.15, 0.2) is 0 Å². The molecule has 118 valence electrons. The molecule has 0 spiro atoms. The summed E-state index contributed by atoms with van der Waals surface area (Å²) in [5, 5.41) is 5.07. The van der Waals surface area contributed by atoms with Crippen molar-refractivity contribution in [2.24, 2.45) is 11.1 Å². The maximum Gasteiger partial charge on any atom is 0.337 e. The molecule has 1 aromatic carbocycles. The highest BCUT2D eigenvalue weighted by Gasteiger charge is 2.16. The number of rotatable bonds is 8. The average Bonchev–Trinajstić information content (AvgIpc) is 2.43. The summed E-state index contributed by atoms with van der Waals surface area (Å²) in [5.74, 6) is -0.0933. The minimum absolute atomic E-state index is 0.0961. The largest absolute Gasteiger partial charge is 0.493 e. The van der Waals surface area contributed by atoms with Crippen LogP contribution in [0.2, 0.25) is 0 Å². The summed E-state index contributed by atoms with van der Waals surface area (Å²) < 4.78 is 32.5. The smallest absolute Gasteiger partial charge is 0.337 e. The van der Waals surface area contributed by atoms with Crippen LogP contribution < -0.4 is 9.88 Å². The highest BCUT2D eigenvalue weighted by atomic mass is 32.2. The SMILES string of the molecule is CCCC(COc1ccc(C(=O)OC)cc1)CS(N)(=O)=O. The minimum Gasteiger partial charge on any atom is -0.493 e. The maximum absolute atomic E-state index is 11.3. The van der Waals surface area contributed by atoms with Crippen LogP contribution in [0.25, 0.3) is 0 Å². The van der Waals surface area contributed by atoms with Crippen molar-refractivity contribution in [3.05, 3.63) is 29.8 Å². The zero-order valence-electron chi connectivity index (χ0n) is 12.2. The molecule has 1 rings (SSSR count). The van der Waals surface area contributed by atoms with E-state index >= 15 is 0 Å². The van der Waals surface area contributed by atoms with Gasteiger partial charge in [-0.1, -0.05) is 13.3 Å². The van der Waals surface area contributed by atoms with Crippen molar-refractivity contribution in [2.45, 2.75) is 19.8 Å². The molecule has 7 heteroatoms. The van der Waals surface area contributed by atoms with Crippen molar-refractivity contribution >= 4 is 16.0 Å². The van der Waals surface area contributed by atoms with Gasteiger partial charge < -0.3 is 9.47 Å². The monoisotopic (exact) mass is 315 g/mol. The van der Waals surface area contributed by atoms with E-state index in [9.17, 15) is 13.2 Å². The number of esters is 1. The van der Waals surface area contributed by atoms with Gasteiger partial charge in [0.1, 0.15) is 5.75 Å². The molecular weight excluding hydrogens is 294 g/mol. The van der Waals surface area contributed by atoms with Gasteiger partial charge in [0.05, 0.1) is 25.0 Å². The first-order chi connectivity index (χ1) is 9.85. The van der Waals surface area contributed by atoms with Gasteiger partial charge in [0, 0.05) is 5.92 Å². The molecule has 2 N–H and O–H groups in total. The quantitative estimate of drug-likeness (QED) is 0.734. The molecule has 0 saturated heterocycles. The predicted molar refractivity (Wildman–Crippen MR) is 79.6 cm³/mol. The van der Waals surface area contributed by atoms with Gasteiger partial charge in [-0.2, -0.15) is 0 Å². The number of methoxy groups -OCH3 is 1. The number of sulfonamides is 1. The molecule has 1 aromatic rings. The van der Waals surface area contributed by atoms with E-state index in [1.165, 1.54) is 7.11 Å². The van der Waals surface area contributed by atoms with Gasteiger partial charge in [0.25, 0.3) is 0 Å². The second-order valence-electron chi connectivity index (χ2n) is 4.81. The lowest BCUT2D eigenvalue weighted by atomic mass is 10.1. The minimum atomic E-state index is -3.51. The summed E-state index contributed by atoms with van der Waals surface area (Å²) in [5.41, 5.74) is 0.430. The third-order valence-corrected chi connectivity index (χ3v) is 3.86. The number of ether oxygens (including phenoxy) is 2. The number of carbonyl (C=O) groups excluding carboxylic acids is 1. The lowest BCUT2D eigenvalue weighted by Crippen LogP contribution is -2.26. The summed E-state index contributed by atoms with van der Waals surface area (Å²) >= 11 is 0. The Labute approximate surface area is 125 Å². The molecule has 21 heavy (non-hydrogen) atoms. The lowest BCUT2D eigenvalue weighted by Gasteiger charge is -2.16. The van der Waals surface area contributed by atoms with Crippen molar-refractivity contribution in [1.29, 1.82) is 0 Å². The normalized spacial score (nSPS) is 12.7. The van der Waals surface area contributed by atoms with Crippen LogP contribution in [-0.4, -0.2) is 33.9 Å². The van der Waals surface area contributed by atoms with Gasteiger partial charge in [-0.05, 0) is 30.7 Å². The molecule has 0 amide bonds. The van der Waals surface area contributed by atoms with Gasteiger partial charge >= 0.3 is 5.97 Å². The summed E-state index contributed by atoms with van der Waals surface area (Å²) in [6, 6.07) is 6.48. The molecule has 1 unspecified atom stereocenters. The molecule has 0 heterocycles. The molecule has 1 atom stereocenters.